The lowest BCUT2D eigenvalue weighted by Gasteiger charge is -2.15. The fourth-order valence-electron chi connectivity index (χ4n) is 2.58. The van der Waals surface area contributed by atoms with Crippen LogP contribution in [0.2, 0.25) is 0 Å². The summed E-state index contributed by atoms with van der Waals surface area (Å²) in [6, 6.07) is 7.64. The number of aryl methyl sites for hydroxylation is 1. The smallest absolute Gasteiger partial charge is 0.246 e. The van der Waals surface area contributed by atoms with Gasteiger partial charge in [0, 0.05) is 6.54 Å². The number of hydrogen-bond acceptors (Lipinski definition) is 3. The molecule has 1 aromatic rings. The summed E-state index contributed by atoms with van der Waals surface area (Å²) >= 11 is 0. The molecule has 110 valence electrons. The van der Waals surface area contributed by atoms with E-state index < -0.39 is 6.10 Å². The molecule has 2 N–H and O–H groups in total. The maximum absolute atomic E-state index is 11.7. The van der Waals surface area contributed by atoms with E-state index in [1.54, 1.807) is 0 Å². The quantitative estimate of drug-likeness (QED) is 0.837. The fourth-order valence-corrected chi connectivity index (χ4v) is 2.58. The summed E-state index contributed by atoms with van der Waals surface area (Å²) in [4.78, 5) is 11.7. The van der Waals surface area contributed by atoms with Gasteiger partial charge in [-0.15, -0.1) is 0 Å². The third-order valence-electron chi connectivity index (χ3n) is 3.79. The molecule has 1 aromatic carbocycles. The van der Waals surface area contributed by atoms with Gasteiger partial charge in [-0.2, -0.15) is 0 Å². The number of carbonyl (C=O) groups excluding carboxylic acids is 1. The molecule has 0 aliphatic heterocycles. The van der Waals surface area contributed by atoms with Crippen molar-refractivity contribution in [1.29, 1.82) is 0 Å². The maximum atomic E-state index is 11.7. The van der Waals surface area contributed by atoms with Gasteiger partial charge in [-0.25, -0.2) is 0 Å². The second-order valence-electron chi connectivity index (χ2n) is 5.39. The third kappa shape index (κ3) is 4.32. The van der Waals surface area contributed by atoms with Crippen LogP contribution in [0.3, 0.4) is 0 Å². The van der Waals surface area contributed by atoms with Crippen LogP contribution in [0, 0.1) is 6.92 Å². The van der Waals surface area contributed by atoms with Crippen molar-refractivity contribution in [2.24, 2.45) is 0 Å². The lowest BCUT2D eigenvalue weighted by atomic mass is 10.0. The van der Waals surface area contributed by atoms with Gasteiger partial charge in [0.2, 0.25) is 5.91 Å². The van der Waals surface area contributed by atoms with Crippen molar-refractivity contribution in [3.05, 3.63) is 35.4 Å². The largest absolute Gasteiger partial charge is 0.387 e. The molecule has 0 heterocycles. The Labute approximate surface area is 120 Å². The molecule has 0 saturated heterocycles. The molecule has 1 aliphatic carbocycles. The first-order valence-electron chi connectivity index (χ1n) is 7.28. The Hall–Kier alpha value is -1.39. The Bertz CT molecular complexity index is 441. The molecular weight excluding hydrogens is 254 g/mol. The van der Waals surface area contributed by atoms with E-state index in [4.69, 9.17) is 4.74 Å². The zero-order chi connectivity index (χ0) is 14.4. The summed E-state index contributed by atoms with van der Waals surface area (Å²) < 4.78 is 5.53. The molecule has 1 amide bonds. The molecule has 4 heteroatoms. The first kappa shape index (κ1) is 15.0. The van der Waals surface area contributed by atoms with Gasteiger partial charge in [-0.3, -0.25) is 4.79 Å². The molecule has 1 saturated carbocycles. The van der Waals surface area contributed by atoms with E-state index in [9.17, 15) is 9.90 Å². The highest BCUT2D eigenvalue weighted by atomic mass is 16.5. The van der Waals surface area contributed by atoms with Crippen molar-refractivity contribution < 1.29 is 14.6 Å². The number of aliphatic hydroxyl groups excluding tert-OH is 1. The summed E-state index contributed by atoms with van der Waals surface area (Å²) in [5, 5.41) is 12.8. The van der Waals surface area contributed by atoms with E-state index in [0.717, 1.165) is 24.0 Å². The molecule has 0 spiro atoms. The number of aliphatic hydroxyl groups is 1. The highest BCUT2D eigenvalue weighted by Gasteiger charge is 2.17. The Balaban J connectivity index is 1.71. The van der Waals surface area contributed by atoms with Crippen LogP contribution in [-0.2, 0) is 9.53 Å². The summed E-state index contributed by atoms with van der Waals surface area (Å²) in [7, 11) is 0. The molecule has 2 rings (SSSR count). The fraction of sp³-hybridized carbons (Fsp3) is 0.562. The van der Waals surface area contributed by atoms with Gasteiger partial charge in [-0.1, -0.05) is 37.1 Å². The van der Waals surface area contributed by atoms with Gasteiger partial charge in [0.15, 0.2) is 0 Å². The molecule has 0 radical (unpaired) electrons. The number of ether oxygens (including phenoxy) is 1. The first-order chi connectivity index (χ1) is 9.66. The standard InChI is InChI=1S/C16H23NO3/c1-12-6-2-5-9-14(12)15(18)10-17-16(19)11-20-13-7-3-4-8-13/h2,5-6,9,13,15,18H,3-4,7-8,10-11H2,1H3,(H,17,19)/t15-/m1/s1. The second-order valence-corrected chi connectivity index (χ2v) is 5.39. The normalized spacial score (nSPS) is 17.1. The number of rotatable bonds is 6. The van der Waals surface area contributed by atoms with Gasteiger partial charge in [0.25, 0.3) is 0 Å². The Morgan fingerprint density at radius 2 is 2.10 bits per heavy atom. The molecule has 1 aliphatic rings. The van der Waals surface area contributed by atoms with E-state index >= 15 is 0 Å². The molecule has 1 atom stereocenters. The number of nitrogens with one attached hydrogen (secondary N) is 1. The van der Waals surface area contributed by atoms with Crippen LogP contribution in [0.15, 0.2) is 24.3 Å². The Morgan fingerprint density at radius 1 is 1.40 bits per heavy atom. The second kappa shape index (κ2) is 7.41. The van der Waals surface area contributed by atoms with Crippen LogP contribution in [0.25, 0.3) is 0 Å². The van der Waals surface area contributed by atoms with Crippen LogP contribution >= 0.6 is 0 Å². The summed E-state index contributed by atoms with van der Waals surface area (Å²) in [6.07, 6.45) is 4.06. The predicted octanol–water partition coefficient (Wildman–Crippen LogP) is 2.10. The van der Waals surface area contributed by atoms with Gasteiger partial charge in [0.1, 0.15) is 6.61 Å². The molecule has 0 bridgehead atoms. The van der Waals surface area contributed by atoms with E-state index in [0.29, 0.717) is 0 Å². The van der Waals surface area contributed by atoms with Gasteiger partial charge in [0.05, 0.1) is 12.2 Å². The van der Waals surface area contributed by atoms with Gasteiger partial charge >= 0.3 is 0 Å². The van der Waals surface area contributed by atoms with Gasteiger partial charge in [-0.05, 0) is 30.9 Å². The van der Waals surface area contributed by atoms with Crippen molar-refractivity contribution in [2.75, 3.05) is 13.2 Å². The summed E-state index contributed by atoms with van der Waals surface area (Å²) in [6.45, 7) is 2.26. The molecule has 0 unspecified atom stereocenters. The SMILES string of the molecule is Cc1ccccc1[C@H](O)CNC(=O)COC1CCCC1. The lowest BCUT2D eigenvalue weighted by molar-refractivity contribution is -0.128. The molecule has 20 heavy (non-hydrogen) atoms. The van der Waals surface area contributed by atoms with E-state index in [1.165, 1.54) is 12.8 Å². The zero-order valence-corrected chi connectivity index (χ0v) is 12.0. The Kier molecular flexibility index (Phi) is 5.56. The minimum Gasteiger partial charge on any atom is -0.387 e. The van der Waals surface area contributed by atoms with Crippen LogP contribution in [0.4, 0.5) is 0 Å². The maximum Gasteiger partial charge on any atom is 0.246 e. The molecular formula is C16H23NO3. The predicted molar refractivity (Wildman–Crippen MR) is 77.4 cm³/mol. The van der Waals surface area contributed by atoms with Crippen molar-refractivity contribution >= 4 is 5.91 Å². The van der Waals surface area contributed by atoms with E-state index in [1.807, 2.05) is 31.2 Å². The summed E-state index contributed by atoms with van der Waals surface area (Å²) in [5.41, 5.74) is 1.88. The van der Waals surface area contributed by atoms with Crippen molar-refractivity contribution in [2.45, 2.75) is 44.8 Å². The van der Waals surface area contributed by atoms with Crippen LogP contribution in [0.1, 0.15) is 42.9 Å². The van der Waals surface area contributed by atoms with Crippen LogP contribution < -0.4 is 5.32 Å². The van der Waals surface area contributed by atoms with Crippen molar-refractivity contribution in [3.63, 3.8) is 0 Å². The van der Waals surface area contributed by atoms with E-state index in [2.05, 4.69) is 5.32 Å². The van der Waals surface area contributed by atoms with Gasteiger partial charge < -0.3 is 15.2 Å². The topological polar surface area (TPSA) is 58.6 Å². The average molecular weight is 277 g/mol. The lowest BCUT2D eigenvalue weighted by Crippen LogP contribution is -2.32. The monoisotopic (exact) mass is 277 g/mol. The van der Waals surface area contributed by atoms with Crippen molar-refractivity contribution in [3.8, 4) is 0 Å². The molecule has 4 nitrogen and oxygen atoms in total. The summed E-state index contributed by atoms with van der Waals surface area (Å²) in [5.74, 6) is -0.162. The number of amides is 1. The van der Waals surface area contributed by atoms with Crippen LogP contribution in [0.5, 0.6) is 0 Å². The average Bonchev–Trinajstić information content (AvgIpc) is 2.96. The highest BCUT2D eigenvalue weighted by molar-refractivity contribution is 5.77. The zero-order valence-electron chi connectivity index (χ0n) is 12.0. The van der Waals surface area contributed by atoms with Crippen LogP contribution in [-0.4, -0.2) is 30.3 Å². The van der Waals surface area contributed by atoms with E-state index in [-0.39, 0.29) is 25.2 Å². The number of benzene rings is 1. The number of hydrogen-bond donors (Lipinski definition) is 2. The number of carbonyl (C=O) groups is 1. The minimum atomic E-state index is -0.674. The first-order valence-corrected chi connectivity index (χ1v) is 7.28. The van der Waals surface area contributed by atoms with Crippen molar-refractivity contribution in [1.82, 2.24) is 5.32 Å². The highest BCUT2D eigenvalue weighted by Crippen LogP contribution is 2.20. The minimum absolute atomic E-state index is 0.0885. The molecule has 1 fully saturated rings. The Morgan fingerprint density at radius 3 is 2.80 bits per heavy atom. The molecule has 0 aromatic heterocycles. The third-order valence-corrected chi connectivity index (χ3v) is 3.79.